The number of hydrogen-bond acceptors (Lipinski definition) is 2. The molecule has 0 aromatic carbocycles. The van der Waals surface area contributed by atoms with Crippen molar-refractivity contribution in [1.29, 1.82) is 0 Å². The van der Waals surface area contributed by atoms with Crippen molar-refractivity contribution in [3.63, 3.8) is 0 Å². The maximum atomic E-state index is 11.8. The molecule has 0 aromatic rings. The topological polar surface area (TPSA) is 62.7 Å². The second kappa shape index (κ2) is 8.02. The van der Waals surface area contributed by atoms with Crippen LogP contribution in [0.5, 0.6) is 0 Å². The summed E-state index contributed by atoms with van der Waals surface area (Å²) in [6.45, 7) is 10.1. The Morgan fingerprint density at radius 1 is 1.24 bits per heavy atom. The van der Waals surface area contributed by atoms with Crippen molar-refractivity contribution < 1.29 is 14.3 Å². The van der Waals surface area contributed by atoms with Gasteiger partial charge >= 0.3 is 11.7 Å². The number of carbonyl (C=O) groups is 1. The summed E-state index contributed by atoms with van der Waals surface area (Å²) in [6, 6.07) is 0. The van der Waals surface area contributed by atoms with Crippen molar-refractivity contribution in [1.82, 2.24) is 0 Å². The van der Waals surface area contributed by atoms with Crippen LogP contribution in [0.4, 0.5) is 0 Å². The van der Waals surface area contributed by atoms with Crippen LogP contribution >= 0.6 is 0 Å². The predicted octanol–water partition coefficient (Wildman–Crippen LogP) is 3.07. The van der Waals surface area contributed by atoms with Crippen molar-refractivity contribution in [2.45, 2.75) is 60.0 Å². The maximum Gasteiger partial charge on any atom is 0.417 e. The first-order valence-electron chi connectivity index (χ1n) is 6.35. The van der Waals surface area contributed by atoms with E-state index in [1.165, 1.54) is 0 Å². The van der Waals surface area contributed by atoms with Gasteiger partial charge in [-0.2, -0.15) is 4.79 Å². The predicted molar refractivity (Wildman–Crippen MR) is 67.7 cm³/mol. The molecule has 0 saturated heterocycles. The van der Waals surface area contributed by atoms with Gasteiger partial charge in [-0.3, -0.25) is 0 Å². The minimum Gasteiger partial charge on any atom is -0.453 e. The molecule has 4 nitrogen and oxygen atoms in total. The van der Waals surface area contributed by atoms with Gasteiger partial charge in [-0.1, -0.05) is 41.0 Å². The molecule has 0 aromatic heterocycles. The Labute approximate surface area is 104 Å². The maximum absolute atomic E-state index is 11.8. The number of nitrogens with zero attached hydrogens (tertiary/aromatic N) is 2. The molecule has 0 aliphatic heterocycles. The van der Waals surface area contributed by atoms with Crippen LogP contribution in [0.2, 0.25) is 0 Å². The highest BCUT2D eigenvalue weighted by Gasteiger charge is 2.28. The molecule has 0 spiro atoms. The summed E-state index contributed by atoms with van der Waals surface area (Å²) in [5, 5.41) is 0. The first-order valence-corrected chi connectivity index (χ1v) is 6.35. The molecule has 0 rings (SSSR count). The third kappa shape index (κ3) is 5.64. The monoisotopic (exact) mass is 240 g/mol. The van der Waals surface area contributed by atoms with Crippen molar-refractivity contribution >= 4 is 11.7 Å². The summed E-state index contributed by atoms with van der Waals surface area (Å²) in [7, 11) is 0. The summed E-state index contributed by atoms with van der Waals surface area (Å²) in [4.78, 5) is 14.8. The van der Waals surface area contributed by atoms with Crippen molar-refractivity contribution in [2.75, 3.05) is 0 Å². The average molecular weight is 240 g/mol. The molecule has 0 aliphatic rings. The van der Waals surface area contributed by atoms with E-state index in [9.17, 15) is 4.79 Å². The molecule has 0 bridgehead atoms. The number of carbonyl (C=O) groups excluding carboxylic acids is 1. The molecule has 0 heterocycles. The van der Waals surface area contributed by atoms with Crippen molar-refractivity contribution in [3.05, 3.63) is 5.53 Å². The van der Waals surface area contributed by atoms with E-state index in [-0.39, 0.29) is 23.7 Å². The Bertz CT molecular complexity index is 284. The summed E-state index contributed by atoms with van der Waals surface area (Å²) >= 11 is 0. The lowest BCUT2D eigenvalue weighted by molar-refractivity contribution is -0.150. The number of unbranched alkanes of at least 4 members (excludes halogenated alkanes) is 1. The quantitative estimate of drug-likeness (QED) is 0.297. The molecule has 0 N–H and O–H groups in total. The molecule has 0 amide bonds. The zero-order valence-corrected chi connectivity index (χ0v) is 11.6. The third-order valence-corrected chi connectivity index (χ3v) is 2.68. The summed E-state index contributed by atoms with van der Waals surface area (Å²) in [6.07, 6.45) is 2.10. The number of esters is 1. The van der Waals surface area contributed by atoms with Gasteiger partial charge in [-0.25, -0.2) is 4.79 Å². The fourth-order valence-corrected chi connectivity index (χ4v) is 1.77. The highest BCUT2D eigenvalue weighted by molar-refractivity contribution is 6.33. The minimum absolute atomic E-state index is 0.123. The van der Waals surface area contributed by atoms with Gasteiger partial charge in [0.2, 0.25) is 0 Å². The molecule has 0 fully saturated rings. The van der Waals surface area contributed by atoms with Crippen LogP contribution in [0.25, 0.3) is 5.53 Å². The van der Waals surface area contributed by atoms with Crippen molar-refractivity contribution in [2.24, 2.45) is 11.8 Å². The molecule has 4 heteroatoms. The Morgan fingerprint density at radius 2 is 1.76 bits per heavy atom. The fraction of sp³-hybridized carbons (Fsp3) is 0.846. The van der Waals surface area contributed by atoms with Gasteiger partial charge in [-0.05, 0) is 18.3 Å². The van der Waals surface area contributed by atoms with Gasteiger partial charge in [0, 0.05) is 0 Å². The van der Waals surface area contributed by atoms with E-state index in [1.54, 1.807) is 0 Å². The van der Waals surface area contributed by atoms with E-state index >= 15 is 0 Å². The first kappa shape index (κ1) is 15.9. The average Bonchev–Trinajstić information content (AvgIpc) is 2.26. The molecule has 0 atom stereocenters. The molecule has 98 valence electrons. The van der Waals surface area contributed by atoms with Crippen LogP contribution in [0.15, 0.2) is 0 Å². The second-order valence-corrected chi connectivity index (χ2v) is 5.01. The highest BCUT2D eigenvalue weighted by Crippen LogP contribution is 2.16. The molecule has 0 radical (unpaired) electrons. The number of ether oxygens (including phenoxy) is 1. The Morgan fingerprint density at radius 3 is 2.12 bits per heavy atom. The van der Waals surface area contributed by atoms with Gasteiger partial charge in [0.15, 0.2) is 0 Å². The molecule has 0 unspecified atom stereocenters. The Kier molecular flexibility index (Phi) is 7.47. The van der Waals surface area contributed by atoms with Crippen LogP contribution in [-0.2, 0) is 9.53 Å². The molecule has 0 saturated carbocycles. The fourth-order valence-electron chi connectivity index (χ4n) is 1.77. The zero-order chi connectivity index (χ0) is 13.4. The Hall–Kier alpha value is -1.15. The summed E-state index contributed by atoms with van der Waals surface area (Å²) < 4.78 is 5.39. The van der Waals surface area contributed by atoms with Crippen molar-refractivity contribution in [3.8, 4) is 0 Å². The third-order valence-electron chi connectivity index (χ3n) is 2.68. The van der Waals surface area contributed by atoms with E-state index in [1.807, 2.05) is 34.6 Å². The standard InChI is InChI=1S/C13H24N2O2/c1-6-7-8-11(15-14)13(16)17-12(9(2)3)10(4)5/h9-10,12H,6-8H2,1-5H3. The van der Waals surface area contributed by atoms with Crippen LogP contribution < -0.4 is 0 Å². The van der Waals surface area contributed by atoms with Gasteiger partial charge < -0.3 is 10.3 Å². The lowest BCUT2D eigenvalue weighted by Gasteiger charge is -2.23. The SMILES string of the molecule is CCCCC(=[N+]=[N-])C(=O)OC(C(C)C)C(C)C. The minimum atomic E-state index is -0.492. The molecule has 17 heavy (non-hydrogen) atoms. The normalized spacial score (nSPS) is 10.8. The highest BCUT2D eigenvalue weighted by atomic mass is 16.5. The molecule has 0 aliphatic carbocycles. The van der Waals surface area contributed by atoms with Crippen LogP contribution in [-0.4, -0.2) is 22.6 Å². The van der Waals surface area contributed by atoms with Crippen LogP contribution in [0.1, 0.15) is 53.9 Å². The lowest BCUT2D eigenvalue weighted by atomic mass is 9.96. The van der Waals surface area contributed by atoms with Gasteiger partial charge in [0.1, 0.15) is 6.10 Å². The number of hydrogen-bond donors (Lipinski definition) is 0. The zero-order valence-electron chi connectivity index (χ0n) is 11.6. The van der Waals surface area contributed by atoms with Gasteiger partial charge in [-0.15, -0.1) is 0 Å². The summed E-state index contributed by atoms with van der Waals surface area (Å²) in [5.74, 6) is 0.0171. The Balaban J connectivity index is 4.54. The van der Waals surface area contributed by atoms with Gasteiger partial charge in [0.25, 0.3) is 0 Å². The van der Waals surface area contributed by atoms with E-state index in [2.05, 4.69) is 4.79 Å². The smallest absolute Gasteiger partial charge is 0.417 e. The van der Waals surface area contributed by atoms with E-state index < -0.39 is 5.97 Å². The largest absolute Gasteiger partial charge is 0.453 e. The van der Waals surface area contributed by atoms with E-state index in [0.717, 1.165) is 12.8 Å². The molecular formula is C13H24N2O2. The number of rotatable bonds is 7. The molecular weight excluding hydrogens is 216 g/mol. The van der Waals surface area contributed by atoms with E-state index in [0.29, 0.717) is 6.42 Å². The second-order valence-electron chi connectivity index (χ2n) is 5.01. The summed E-state index contributed by atoms with van der Waals surface area (Å²) in [5.41, 5.74) is 8.92. The van der Waals surface area contributed by atoms with Crippen LogP contribution in [0, 0.1) is 11.8 Å². The van der Waals surface area contributed by atoms with Gasteiger partial charge in [0.05, 0.1) is 6.42 Å². The lowest BCUT2D eigenvalue weighted by Crippen LogP contribution is -2.32. The first-order chi connectivity index (χ1) is 7.93. The van der Waals surface area contributed by atoms with Crippen LogP contribution in [0.3, 0.4) is 0 Å². The van der Waals surface area contributed by atoms with E-state index in [4.69, 9.17) is 10.3 Å².